The first kappa shape index (κ1) is 24.4. The molecule has 0 aliphatic carbocycles. The van der Waals surface area contributed by atoms with Crippen LogP contribution in [0.25, 0.3) is 0 Å². The summed E-state index contributed by atoms with van der Waals surface area (Å²) in [5, 5.41) is 3.34. The second-order valence-corrected chi connectivity index (χ2v) is 7.38. The Balaban J connectivity index is 4.35. The summed E-state index contributed by atoms with van der Waals surface area (Å²) >= 11 is 0. The summed E-state index contributed by atoms with van der Waals surface area (Å²) in [6.45, 7) is 4.19. The monoisotopic (exact) mass is 356 g/mol. The van der Waals surface area contributed by atoms with Crippen LogP contribution in [0.5, 0.6) is 0 Å². The van der Waals surface area contributed by atoms with Crippen LogP contribution in [0.3, 0.4) is 0 Å². The molecule has 0 saturated carbocycles. The van der Waals surface area contributed by atoms with Gasteiger partial charge in [0.1, 0.15) is 0 Å². The van der Waals surface area contributed by atoms with Gasteiger partial charge in [0.05, 0.1) is 0 Å². The normalized spacial score (nSPS) is 11.7. The molecule has 150 valence electrons. The van der Waals surface area contributed by atoms with Gasteiger partial charge in [-0.05, 0) is 64.6 Å². The summed E-state index contributed by atoms with van der Waals surface area (Å²) in [5.41, 5.74) is 17.0. The Morgan fingerprint density at radius 2 is 1.16 bits per heavy atom. The van der Waals surface area contributed by atoms with E-state index in [0.29, 0.717) is 26.1 Å². The average Bonchev–Trinajstić information content (AvgIpc) is 2.62. The fourth-order valence-electron chi connectivity index (χ4n) is 3.48. The first-order chi connectivity index (χ1) is 12.1. The molecule has 0 aromatic carbocycles. The number of unbranched alkanes of at least 4 members (excludes halogenated alkanes) is 6. The number of nitrogens with one attached hydrogen (secondary N) is 1. The highest BCUT2D eigenvalue weighted by atomic mass is 16.1. The van der Waals surface area contributed by atoms with E-state index in [1.54, 1.807) is 0 Å². The highest BCUT2D eigenvalue weighted by Gasteiger charge is 2.29. The summed E-state index contributed by atoms with van der Waals surface area (Å²) in [6.07, 6.45) is 14.8. The molecular weight excluding hydrogens is 312 g/mol. The van der Waals surface area contributed by atoms with Crippen molar-refractivity contribution >= 4 is 5.91 Å². The second kappa shape index (κ2) is 16.8. The van der Waals surface area contributed by atoms with E-state index in [4.69, 9.17) is 17.2 Å². The molecule has 0 unspecified atom stereocenters. The number of nitrogens with two attached hydrogens (primary N) is 3. The summed E-state index contributed by atoms with van der Waals surface area (Å²) in [4.78, 5) is 12.5. The van der Waals surface area contributed by atoms with E-state index < -0.39 is 0 Å². The fraction of sp³-hybridized carbons (Fsp3) is 0.950. The molecular formula is C20H44N4O. The zero-order valence-corrected chi connectivity index (χ0v) is 16.7. The Morgan fingerprint density at radius 3 is 1.60 bits per heavy atom. The smallest absolute Gasteiger partial charge is 0.220 e. The van der Waals surface area contributed by atoms with Gasteiger partial charge >= 0.3 is 0 Å². The molecule has 7 N–H and O–H groups in total. The van der Waals surface area contributed by atoms with Gasteiger partial charge in [0.15, 0.2) is 0 Å². The lowest BCUT2D eigenvalue weighted by Crippen LogP contribution is -2.49. The standard InChI is InChI=1S/C20H44N4O/c1-2-3-4-5-6-7-8-12-19(25)24-20(13-9-16-21,14-10-17-22)15-11-18-23/h2-18,21-23H2,1H3,(H,24,25). The fourth-order valence-corrected chi connectivity index (χ4v) is 3.48. The van der Waals surface area contributed by atoms with Crippen LogP contribution in [0.15, 0.2) is 0 Å². The molecule has 0 saturated heterocycles. The van der Waals surface area contributed by atoms with E-state index in [9.17, 15) is 4.79 Å². The van der Waals surface area contributed by atoms with Crippen molar-refractivity contribution in [1.29, 1.82) is 0 Å². The van der Waals surface area contributed by atoms with Crippen LogP contribution in [0.2, 0.25) is 0 Å². The van der Waals surface area contributed by atoms with Gasteiger partial charge < -0.3 is 22.5 Å². The van der Waals surface area contributed by atoms with Crippen LogP contribution >= 0.6 is 0 Å². The Hall–Kier alpha value is -0.650. The Kier molecular flexibility index (Phi) is 16.4. The largest absolute Gasteiger partial charge is 0.351 e. The minimum atomic E-state index is -0.170. The van der Waals surface area contributed by atoms with Crippen LogP contribution in [0, 0.1) is 0 Å². The molecule has 5 nitrogen and oxygen atoms in total. The number of carbonyl (C=O) groups is 1. The maximum atomic E-state index is 12.5. The third-order valence-corrected chi connectivity index (χ3v) is 4.99. The maximum absolute atomic E-state index is 12.5. The van der Waals surface area contributed by atoms with E-state index >= 15 is 0 Å². The molecule has 5 heteroatoms. The predicted molar refractivity (Wildman–Crippen MR) is 108 cm³/mol. The first-order valence-corrected chi connectivity index (χ1v) is 10.6. The van der Waals surface area contributed by atoms with E-state index in [2.05, 4.69) is 12.2 Å². The van der Waals surface area contributed by atoms with Crippen LogP contribution < -0.4 is 22.5 Å². The molecule has 0 radical (unpaired) electrons. The SMILES string of the molecule is CCCCCCCCCC(=O)NC(CCCN)(CCCN)CCCN. The second-order valence-electron chi connectivity index (χ2n) is 7.38. The van der Waals surface area contributed by atoms with Gasteiger partial charge in [-0.15, -0.1) is 0 Å². The zero-order valence-electron chi connectivity index (χ0n) is 16.7. The van der Waals surface area contributed by atoms with E-state index in [1.165, 1.54) is 32.1 Å². The number of hydrogen-bond donors (Lipinski definition) is 4. The zero-order chi connectivity index (χ0) is 18.8. The van der Waals surface area contributed by atoms with Gasteiger partial charge in [0.2, 0.25) is 5.91 Å². The van der Waals surface area contributed by atoms with Crippen LogP contribution in [-0.4, -0.2) is 31.1 Å². The van der Waals surface area contributed by atoms with Crippen molar-refractivity contribution < 1.29 is 4.79 Å². The van der Waals surface area contributed by atoms with Gasteiger partial charge in [-0.2, -0.15) is 0 Å². The number of amides is 1. The molecule has 1 amide bonds. The maximum Gasteiger partial charge on any atom is 0.220 e. The Labute approximate surface area is 155 Å². The molecule has 25 heavy (non-hydrogen) atoms. The van der Waals surface area contributed by atoms with Crippen molar-refractivity contribution in [2.24, 2.45) is 17.2 Å². The lowest BCUT2D eigenvalue weighted by Gasteiger charge is -2.35. The van der Waals surface area contributed by atoms with Crippen molar-refractivity contribution in [3.8, 4) is 0 Å². The summed E-state index contributed by atoms with van der Waals surface area (Å²) in [5.74, 6) is 0.180. The van der Waals surface area contributed by atoms with Crippen molar-refractivity contribution in [3.63, 3.8) is 0 Å². The quantitative estimate of drug-likeness (QED) is 0.283. The number of hydrogen-bond acceptors (Lipinski definition) is 4. The molecule has 0 spiro atoms. The average molecular weight is 357 g/mol. The summed E-state index contributed by atoms with van der Waals surface area (Å²) in [6, 6.07) is 0. The molecule has 0 rings (SSSR count). The molecule has 0 fully saturated rings. The Bertz CT molecular complexity index is 288. The van der Waals surface area contributed by atoms with E-state index in [1.807, 2.05) is 0 Å². The molecule has 0 aromatic rings. The minimum Gasteiger partial charge on any atom is -0.351 e. The highest BCUT2D eigenvalue weighted by molar-refractivity contribution is 5.76. The number of carbonyl (C=O) groups excluding carboxylic acids is 1. The lowest BCUT2D eigenvalue weighted by molar-refractivity contribution is -0.123. The van der Waals surface area contributed by atoms with Crippen molar-refractivity contribution in [3.05, 3.63) is 0 Å². The summed E-state index contributed by atoms with van der Waals surface area (Å²) < 4.78 is 0. The molecule has 0 bridgehead atoms. The van der Waals surface area contributed by atoms with Crippen molar-refractivity contribution in [2.75, 3.05) is 19.6 Å². The minimum absolute atomic E-state index is 0.170. The lowest BCUT2D eigenvalue weighted by atomic mass is 9.83. The molecule has 0 aliphatic heterocycles. The Morgan fingerprint density at radius 1 is 0.720 bits per heavy atom. The third-order valence-electron chi connectivity index (χ3n) is 4.99. The van der Waals surface area contributed by atoms with Crippen LogP contribution in [0.1, 0.15) is 96.8 Å². The van der Waals surface area contributed by atoms with E-state index in [-0.39, 0.29) is 11.4 Å². The van der Waals surface area contributed by atoms with Crippen molar-refractivity contribution in [2.45, 2.75) is 102 Å². The first-order valence-electron chi connectivity index (χ1n) is 10.6. The van der Waals surface area contributed by atoms with Gasteiger partial charge in [0, 0.05) is 12.0 Å². The predicted octanol–water partition coefficient (Wildman–Crippen LogP) is 3.20. The van der Waals surface area contributed by atoms with Gasteiger partial charge in [-0.1, -0.05) is 45.4 Å². The van der Waals surface area contributed by atoms with Crippen LogP contribution in [-0.2, 0) is 4.79 Å². The molecule has 0 aromatic heterocycles. The van der Waals surface area contributed by atoms with Gasteiger partial charge in [0.25, 0.3) is 0 Å². The molecule has 0 atom stereocenters. The molecule has 0 aliphatic rings. The summed E-state index contributed by atoms with van der Waals surface area (Å²) in [7, 11) is 0. The van der Waals surface area contributed by atoms with Gasteiger partial charge in [-0.25, -0.2) is 0 Å². The topological polar surface area (TPSA) is 107 Å². The highest BCUT2D eigenvalue weighted by Crippen LogP contribution is 2.25. The van der Waals surface area contributed by atoms with Gasteiger partial charge in [-0.3, -0.25) is 4.79 Å². The van der Waals surface area contributed by atoms with E-state index in [0.717, 1.165) is 51.4 Å². The number of rotatable bonds is 18. The van der Waals surface area contributed by atoms with Crippen molar-refractivity contribution in [1.82, 2.24) is 5.32 Å². The molecule has 0 heterocycles. The van der Waals surface area contributed by atoms with Crippen LogP contribution in [0.4, 0.5) is 0 Å². The third kappa shape index (κ3) is 13.2.